The van der Waals surface area contributed by atoms with Gasteiger partial charge in [-0.25, -0.2) is 4.79 Å². The van der Waals surface area contributed by atoms with Gasteiger partial charge in [-0.15, -0.1) is 0 Å². The van der Waals surface area contributed by atoms with Crippen molar-refractivity contribution < 1.29 is 33.3 Å². The van der Waals surface area contributed by atoms with E-state index in [9.17, 15) is 19.5 Å². The number of piperidine rings is 1. The van der Waals surface area contributed by atoms with Crippen molar-refractivity contribution in [3.63, 3.8) is 0 Å². The summed E-state index contributed by atoms with van der Waals surface area (Å²) in [7, 11) is 2.50. The van der Waals surface area contributed by atoms with E-state index in [4.69, 9.17) is 13.9 Å². The van der Waals surface area contributed by atoms with Crippen LogP contribution in [-0.2, 0) is 25.6 Å². The van der Waals surface area contributed by atoms with Gasteiger partial charge in [-0.1, -0.05) is 24.6 Å². The van der Waals surface area contributed by atoms with E-state index in [-0.39, 0.29) is 18.8 Å². The highest BCUT2D eigenvalue weighted by Gasteiger charge is 2.29. The molecule has 0 amide bonds. The fourth-order valence-corrected chi connectivity index (χ4v) is 3.90. The van der Waals surface area contributed by atoms with Crippen molar-refractivity contribution in [1.29, 1.82) is 0 Å². The highest BCUT2D eigenvalue weighted by atomic mass is 16.6. The number of para-hydroxylation sites is 1. The number of esters is 2. The molecule has 0 aliphatic carbocycles. The Morgan fingerprint density at radius 2 is 1.79 bits per heavy atom. The summed E-state index contributed by atoms with van der Waals surface area (Å²) in [6, 6.07) is 8.00. The lowest BCUT2D eigenvalue weighted by molar-refractivity contribution is -0.143. The summed E-state index contributed by atoms with van der Waals surface area (Å²) in [5.41, 5.74) is -0.133. The fourth-order valence-electron chi connectivity index (χ4n) is 3.90. The molecule has 1 aromatic heterocycles. The van der Waals surface area contributed by atoms with Gasteiger partial charge in [0.25, 0.3) is 0 Å². The number of methoxy groups -OCH3 is 2. The number of carbonyl (C=O) groups excluding carboxylic acids is 2. The molecule has 0 bridgehead atoms. The quantitative estimate of drug-likeness (QED) is 0.565. The molecule has 1 aliphatic heterocycles. The molecule has 1 fully saturated rings. The Hall–Kier alpha value is -3.33. The van der Waals surface area contributed by atoms with E-state index >= 15 is 0 Å². The smallest absolute Gasteiger partial charge is 0.343 e. The molecule has 9 nitrogen and oxygen atoms in total. The van der Waals surface area contributed by atoms with Crippen molar-refractivity contribution in [2.45, 2.75) is 38.1 Å². The van der Waals surface area contributed by atoms with Gasteiger partial charge in [0.1, 0.15) is 11.5 Å². The molecule has 1 aliphatic rings. The molecule has 178 valence electrons. The van der Waals surface area contributed by atoms with Gasteiger partial charge in [-0.05, 0) is 32.0 Å². The van der Waals surface area contributed by atoms with Crippen LogP contribution in [0.4, 0.5) is 0 Å². The molecule has 3 rings (SSSR count). The van der Waals surface area contributed by atoms with E-state index < -0.39 is 29.0 Å². The van der Waals surface area contributed by atoms with Crippen LogP contribution in [0, 0.1) is 0 Å². The van der Waals surface area contributed by atoms with E-state index in [1.165, 1.54) is 26.7 Å². The Morgan fingerprint density at radius 1 is 1.09 bits per heavy atom. The third kappa shape index (κ3) is 6.35. The predicted octanol–water partition coefficient (Wildman–Crippen LogP) is 2.58. The van der Waals surface area contributed by atoms with Crippen LogP contribution in [-0.4, -0.2) is 55.9 Å². The fraction of sp³-hybridized carbons (Fsp3) is 0.458. The Bertz CT molecular complexity index is 1030. The van der Waals surface area contributed by atoms with E-state index in [1.54, 1.807) is 24.3 Å². The molecule has 1 unspecified atom stereocenters. The number of likely N-dealkylation sites (tertiary alicyclic amines) is 1. The predicted molar refractivity (Wildman–Crippen MR) is 118 cm³/mol. The zero-order valence-corrected chi connectivity index (χ0v) is 18.9. The minimum absolute atomic E-state index is 0.0472. The van der Waals surface area contributed by atoms with Crippen LogP contribution >= 0.6 is 0 Å². The monoisotopic (exact) mass is 459 g/mol. The second-order valence-electron chi connectivity index (χ2n) is 7.86. The van der Waals surface area contributed by atoms with E-state index in [0.717, 1.165) is 25.9 Å². The number of carbonyl (C=O) groups is 2. The molecule has 2 heterocycles. The number of hydrogen-bond donors (Lipinski definition) is 1. The maximum absolute atomic E-state index is 12.6. The number of nitrogens with zero attached hydrogens (tertiary/aromatic N) is 1. The lowest BCUT2D eigenvalue weighted by atomic mass is 9.91. The zero-order valence-electron chi connectivity index (χ0n) is 18.9. The first-order valence-corrected chi connectivity index (χ1v) is 10.9. The summed E-state index contributed by atoms with van der Waals surface area (Å²) >= 11 is 0. The van der Waals surface area contributed by atoms with Crippen LogP contribution in [0.15, 0.2) is 39.5 Å². The van der Waals surface area contributed by atoms with Crippen molar-refractivity contribution in [3.8, 4) is 11.5 Å². The first-order chi connectivity index (χ1) is 15.9. The Labute approximate surface area is 191 Å². The number of aromatic hydroxyl groups is 1. The Kier molecular flexibility index (Phi) is 8.48. The van der Waals surface area contributed by atoms with Gasteiger partial charge in [-0.3, -0.25) is 14.5 Å². The van der Waals surface area contributed by atoms with Gasteiger partial charge in [-0.2, -0.15) is 0 Å². The van der Waals surface area contributed by atoms with Crippen LogP contribution < -0.4 is 10.2 Å². The molecule has 9 heteroatoms. The summed E-state index contributed by atoms with van der Waals surface area (Å²) in [6.07, 6.45) is 3.11. The van der Waals surface area contributed by atoms with Crippen molar-refractivity contribution in [3.05, 3.63) is 57.6 Å². The van der Waals surface area contributed by atoms with Crippen LogP contribution in [0.25, 0.3) is 0 Å². The van der Waals surface area contributed by atoms with Crippen molar-refractivity contribution in [1.82, 2.24) is 4.90 Å². The molecule has 1 saturated heterocycles. The van der Waals surface area contributed by atoms with Gasteiger partial charge in [0.05, 0.1) is 33.1 Å². The van der Waals surface area contributed by atoms with Crippen molar-refractivity contribution in [2.75, 3.05) is 33.9 Å². The minimum atomic E-state index is -0.875. The van der Waals surface area contributed by atoms with Crippen LogP contribution in [0.2, 0.25) is 0 Å². The van der Waals surface area contributed by atoms with Gasteiger partial charge in [0.15, 0.2) is 12.4 Å². The summed E-state index contributed by atoms with van der Waals surface area (Å²) in [6.45, 7) is 1.88. The van der Waals surface area contributed by atoms with Crippen LogP contribution in [0.1, 0.15) is 48.7 Å². The third-order valence-electron chi connectivity index (χ3n) is 5.61. The van der Waals surface area contributed by atoms with E-state index in [2.05, 4.69) is 9.64 Å². The second-order valence-corrected chi connectivity index (χ2v) is 7.86. The highest BCUT2D eigenvalue weighted by molar-refractivity contribution is 5.72. The van der Waals surface area contributed by atoms with E-state index in [1.807, 2.05) is 0 Å². The second kappa shape index (κ2) is 11.5. The Morgan fingerprint density at radius 3 is 2.48 bits per heavy atom. The summed E-state index contributed by atoms with van der Waals surface area (Å²) in [5.74, 6) is -1.94. The van der Waals surface area contributed by atoms with Gasteiger partial charge < -0.3 is 23.7 Å². The summed E-state index contributed by atoms with van der Waals surface area (Å²) in [4.78, 5) is 38.6. The molecule has 1 aromatic carbocycles. The molecule has 2 aromatic rings. The van der Waals surface area contributed by atoms with Crippen molar-refractivity contribution in [2.24, 2.45) is 0 Å². The topological polar surface area (TPSA) is 116 Å². The van der Waals surface area contributed by atoms with E-state index in [0.29, 0.717) is 23.6 Å². The average molecular weight is 459 g/mol. The maximum atomic E-state index is 12.6. The zero-order chi connectivity index (χ0) is 23.8. The number of benzene rings is 1. The number of hydrogen-bond acceptors (Lipinski definition) is 9. The molecule has 0 radical (unpaired) electrons. The lowest BCUT2D eigenvalue weighted by Gasteiger charge is -2.26. The number of ether oxygens (including phenoxy) is 3. The van der Waals surface area contributed by atoms with Crippen LogP contribution in [0.3, 0.4) is 0 Å². The number of rotatable bonds is 9. The first-order valence-electron chi connectivity index (χ1n) is 10.9. The third-order valence-corrected chi connectivity index (χ3v) is 5.61. The SMILES string of the molecule is COC(=O)COc1ccccc1C(CC(=O)OC)c1oc(CN2CCCCC2)cc(=O)c1O. The van der Waals surface area contributed by atoms with Crippen molar-refractivity contribution >= 4 is 11.9 Å². The summed E-state index contributed by atoms with van der Waals surface area (Å²) < 4.78 is 21.1. The minimum Gasteiger partial charge on any atom is -0.502 e. The van der Waals surface area contributed by atoms with Gasteiger partial charge in [0.2, 0.25) is 11.2 Å². The molecule has 0 saturated carbocycles. The maximum Gasteiger partial charge on any atom is 0.343 e. The Balaban J connectivity index is 2.01. The summed E-state index contributed by atoms with van der Waals surface area (Å²) in [5, 5.41) is 10.6. The van der Waals surface area contributed by atoms with Gasteiger partial charge >= 0.3 is 11.9 Å². The largest absolute Gasteiger partial charge is 0.502 e. The molecular formula is C24H29NO8. The lowest BCUT2D eigenvalue weighted by Crippen LogP contribution is -2.29. The molecule has 1 atom stereocenters. The standard InChI is InChI=1S/C24H29NO8/c1-30-21(27)13-18(17-8-4-5-9-20(17)32-15-22(28)31-2)24-23(29)19(26)12-16(33-24)14-25-10-6-3-7-11-25/h4-5,8-9,12,18,29H,3,6-7,10-11,13-15H2,1-2H3. The molecule has 33 heavy (non-hydrogen) atoms. The molecule has 0 spiro atoms. The average Bonchev–Trinajstić information content (AvgIpc) is 2.84. The molecule has 1 N–H and O–H groups in total. The molecular weight excluding hydrogens is 430 g/mol. The van der Waals surface area contributed by atoms with Gasteiger partial charge in [0, 0.05) is 11.6 Å². The van der Waals surface area contributed by atoms with Crippen LogP contribution in [0.5, 0.6) is 11.5 Å². The first kappa shape index (κ1) is 24.3. The normalized spacial score (nSPS) is 15.0. The highest BCUT2D eigenvalue weighted by Crippen LogP contribution is 2.38.